The largest absolute Gasteiger partial charge is 0.330 e. The van der Waals surface area contributed by atoms with Crippen LogP contribution in [0.25, 0.3) is 0 Å². The predicted molar refractivity (Wildman–Crippen MR) is 106 cm³/mol. The summed E-state index contributed by atoms with van der Waals surface area (Å²) >= 11 is 1.71. The fourth-order valence-electron chi connectivity index (χ4n) is 3.65. The van der Waals surface area contributed by atoms with Gasteiger partial charge in [-0.3, -0.25) is 15.1 Å². The van der Waals surface area contributed by atoms with Crippen molar-refractivity contribution in [2.45, 2.75) is 38.8 Å². The molecule has 1 aliphatic rings. The molecule has 1 unspecified atom stereocenters. The summed E-state index contributed by atoms with van der Waals surface area (Å²) in [4.78, 5) is 18.6. The molecule has 0 bridgehead atoms. The molecule has 3 rings (SSSR count). The van der Waals surface area contributed by atoms with Crippen molar-refractivity contribution in [2.75, 3.05) is 19.6 Å². The zero-order valence-electron chi connectivity index (χ0n) is 15.5. The van der Waals surface area contributed by atoms with Crippen LogP contribution in [0.2, 0.25) is 0 Å². The van der Waals surface area contributed by atoms with Gasteiger partial charge in [-0.2, -0.15) is 0 Å². The number of carbonyl (C=O) groups excluding carboxylic acids is 1. The van der Waals surface area contributed by atoms with Crippen LogP contribution in [-0.4, -0.2) is 30.5 Å². The molecule has 0 aromatic carbocycles. The first-order valence-corrected chi connectivity index (χ1v) is 10.1. The summed E-state index contributed by atoms with van der Waals surface area (Å²) in [6, 6.07) is 8.16. The van der Waals surface area contributed by atoms with Crippen LogP contribution in [0, 0.1) is 12.8 Å². The molecule has 0 saturated carbocycles. The van der Waals surface area contributed by atoms with Crippen molar-refractivity contribution in [1.29, 1.82) is 0 Å². The van der Waals surface area contributed by atoms with Gasteiger partial charge in [-0.25, -0.2) is 0 Å². The maximum absolute atomic E-state index is 12.1. The smallest absolute Gasteiger partial charge is 0.218 e. The zero-order chi connectivity index (χ0) is 18.4. The third kappa shape index (κ3) is 4.50. The quantitative estimate of drug-likeness (QED) is 0.654. The molecule has 6 heteroatoms. The normalized spacial score (nSPS) is 17.6. The molecule has 140 valence electrons. The number of carbonyl (C=O) groups is 1. The van der Waals surface area contributed by atoms with Crippen LogP contribution >= 0.6 is 11.3 Å². The van der Waals surface area contributed by atoms with Crippen LogP contribution in [0.4, 0.5) is 0 Å². The highest BCUT2D eigenvalue weighted by Crippen LogP contribution is 2.32. The molecule has 3 heterocycles. The molecule has 3 N–H and O–H groups in total. The van der Waals surface area contributed by atoms with Crippen LogP contribution in [-0.2, 0) is 10.5 Å². The predicted octanol–water partition coefficient (Wildman–Crippen LogP) is 2.77. The van der Waals surface area contributed by atoms with E-state index in [9.17, 15) is 4.79 Å². The third-order valence-corrected chi connectivity index (χ3v) is 6.11. The summed E-state index contributed by atoms with van der Waals surface area (Å²) in [7, 11) is 0. The summed E-state index contributed by atoms with van der Waals surface area (Å²) in [5, 5.41) is 10.3. The molecular formula is C20H28N4OS. The average Bonchev–Trinajstić information content (AvgIpc) is 3.09. The molecule has 5 nitrogen and oxygen atoms in total. The van der Waals surface area contributed by atoms with Gasteiger partial charge in [0.2, 0.25) is 5.91 Å². The Balaban J connectivity index is 1.87. The van der Waals surface area contributed by atoms with Crippen molar-refractivity contribution in [1.82, 2.24) is 20.9 Å². The third-order valence-electron chi connectivity index (χ3n) is 4.99. The molecule has 1 saturated heterocycles. The van der Waals surface area contributed by atoms with Gasteiger partial charge in [0.1, 0.15) is 0 Å². The molecule has 26 heavy (non-hydrogen) atoms. The maximum atomic E-state index is 12.1. The molecule has 1 amide bonds. The molecule has 1 atom stereocenters. The van der Waals surface area contributed by atoms with Gasteiger partial charge in [0.25, 0.3) is 0 Å². The summed E-state index contributed by atoms with van der Waals surface area (Å²) in [6.07, 6.45) is 7.12. The van der Waals surface area contributed by atoms with Crippen molar-refractivity contribution in [3.8, 4) is 0 Å². The number of hydrogen-bond acceptors (Lipinski definition) is 5. The molecule has 1 fully saturated rings. The lowest BCUT2D eigenvalue weighted by atomic mass is 9.93. The summed E-state index contributed by atoms with van der Waals surface area (Å²) in [5.41, 5.74) is 0.301. The Bertz CT molecular complexity index is 712. The molecule has 0 spiro atoms. The Morgan fingerprint density at radius 1 is 1.27 bits per heavy atom. The first kappa shape index (κ1) is 19.0. The number of hydrogen-bond donors (Lipinski definition) is 3. The number of piperidine rings is 1. The van der Waals surface area contributed by atoms with Crippen molar-refractivity contribution >= 4 is 17.2 Å². The summed E-state index contributed by atoms with van der Waals surface area (Å²) < 4.78 is 0. The van der Waals surface area contributed by atoms with Crippen LogP contribution in [0.1, 0.15) is 41.5 Å². The van der Waals surface area contributed by atoms with Crippen molar-refractivity contribution in [3.63, 3.8) is 0 Å². The minimum Gasteiger partial charge on any atom is -0.330 e. The van der Waals surface area contributed by atoms with Gasteiger partial charge in [-0.05, 0) is 76.0 Å². The fraction of sp³-hybridized carbons (Fsp3) is 0.500. The minimum atomic E-state index is -0.708. The number of nitrogens with zero attached hydrogens (tertiary/aromatic N) is 1. The first-order chi connectivity index (χ1) is 12.6. The number of amides is 1. The van der Waals surface area contributed by atoms with E-state index in [2.05, 4.69) is 40.0 Å². The van der Waals surface area contributed by atoms with Gasteiger partial charge in [-0.1, -0.05) is 0 Å². The summed E-state index contributed by atoms with van der Waals surface area (Å²) in [5.74, 6) is 0.684. The van der Waals surface area contributed by atoms with E-state index in [1.54, 1.807) is 30.7 Å². The van der Waals surface area contributed by atoms with Crippen LogP contribution in [0.3, 0.4) is 0 Å². The SMILES string of the molecule is CC(=O)NC(NCCC1CCNCC1)(c1ccncc1)c1ccc(C)s1. The highest BCUT2D eigenvalue weighted by atomic mass is 32.1. The number of pyridine rings is 1. The Morgan fingerprint density at radius 2 is 2.00 bits per heavy atom. The molecule has 0 radical (unpaired) electrons. The van der Waals surface area contributed by atoms with E-state index in [-0.39, 0.29) is 5.91 Å². The van der Waals surface area contributed by atoms with E-state index < -0.39 is 5.66 Å². The highest BCUT2D eigenvalue weighted by molar-refractivity contribution is 7.12. The Morgan fingerprint density at radius 3 is 2.62 bits per heavy atom. The lowest BCUT2D eigenvalue weighted by Gasteiger charge is -2.36. The lowest BCUT2D eigenvalue weighted by molar-refractivity contribution is -0.120. The standard InChI is InChI=1S/C20H28N4OS/c1-15-3-4-19(26-15)20(24-16(2)25,18-8-12-22-13-9-18)23-14-7-17-5-10-21-11-6-17/h3-4,8-9,12-13,17,21,23H,5-7,10-11,14H2,1-2H3,(H,24,25). The van der Waals surface area contributed by atoms with E-state index in [4.69, 9.17) is 0 Å². The van der Waals surface area contributed by atoms with Crippen LogP contribution < -0.4 is 16.0 Å². The fourth-order valence-corrected chi connectivity index (χ4v) is 4.66. The molecule has 0 aliphatic carbocycles. The second kappa shape index (κ2) is 8.75. The van der Waals surface area contributed by atoms with Crippen LogP contribution in [0.15, 0.2) is 36.7 Å². The molecule has 1 aliphatic heterocycles. The number of thiophene rings is 1. The second-order valence-corrected chi connectivity index (χ2v) is 8.27. The van der Waals surface area contributed by atoms with E-state index in [1.165, 1.54) is 17.7 Å². The molecule has 2 aromatic heterocycles. The van der Waals surface area contributed by atoms with Crippen molar-refractivity contribution in [3.05, 3.63) is 52.0 Å². The Hall–Kier alpha value is -1.76. The first-order valence-electron chi connectivity index (χ1n) is 9.32. The van der Waals surface area contributed by atoms with Crippen molar-refractivity contribution in [2.24, 2.45) is 5.92 Å². The van der Waals surface area contributed by atoms with Gasteiger partial charge in [0, 0.05) is 34.6 Å². The van der Waals surface area contributed by atoms with E-state index in [0.717, 1.165) is 42.4 Å². The van der Waals surface area contributed by atoms with E-state index in [1.807, 2.05) is 12.1 Å². The van der Waals surface area contributed by atoms with Crippen molar-refractivity contribution < 1.29 is 4.79 Å². The Kier molecular flexibility index (Phi) is 6.40. The maximum Gasteiger partial charge on any atom is 0.218 e. The van der Waals surface area contributed by atoms with Gasteiger partial charge >= 0.3 is 0 Å². The number of nitrogens with one attached hydrogen (secondary N) is 3. The number of aromatic nitrogens is 1. The van der Waals surface area contributed by atoms with Gasteiger partial charge in [0.15, 0.2) is 5.66 Å². The van der Waals surface area contributed by atoms with Gasteiger partial charge in [0.05, 0.1) is 0 Å². The molecular weight excluding hydrogens is 344 g/mol. The lowest BCUT2D eigenvalue weighted by Crippen LogP contribution is -2.56. The van der Waals surface area contributed by atoms with Gasteiger partial charge < -0.3 is 10.6 Å². The number of rotatable bonds is 7. The average molecular weight is 373 g/mol. The number of aryl methyl sites for hydroxylation is 1. The van der Waals surface area contributed by atoms with Gasteiger partial charge in [-0.15, -0.1) is 11.3 Å². The van der Waals surface area contributed by atoms with E-state index in [0.29, 0.717) is 0 Å². The topological polar surface area (TPSA) is 66.1 Å². The zero-order valence-corrected chi connectivity index (χ0v) is 16.4. The van der Waals surface area contributed by atoms with E-state index >= 15 is 0 Å². The second-order valence-electron chi connectivity index (χ2n) is 6.99. The Labute approximate surface area is 159 Å². The highest BCUT2D eigenvalue weighted by Gasteiger charge is 2.36. The van der Waals surface area contributed by atoms with Crippen LogP contribution in [0.5, 0.6) is 0 Å². The minimum absolute atomic E-state index is 0.0535. The summed E-state index contributed by atoms with van der Waals surface area (Å²) in [6.45, 7) is 6.73. The monoisotopic (exact) mass is 372 g/mol. The molecule has 2 aromatic rings.